The summed E-state index contributed by atoms with van der Waals surface area (Å²) >= 11 is 3.33. The Morgan fingerprint density at radius 1 is 1.12 bits per heavy atom. The standard InChI is InChI=1S/C14H13BrFN/c1-9-2-4-10(5-3-9)14(17)12-8-11(15)6-7-13(12)16/h2-8,14H,17H2,1H3. The molecule has 0 saturated heterocycles. The fourth-order valence-corrected chi connectivity index (χ4v) is 2.09. The zero-order chi connectivity index (χ0) is 12.4. The number of halogens is 2. The average Bonchev–Trinajstić information content (AvgIpc) is 2.32. The first-order valence-corrected chi connectivity index (χ1v) is 6.14. The van der Waals surface area contributed by atoms with Gasteiger partial charge < -0.3 is 5.73 Å². The fraction of sp³-hybridized carbons (Fsp3) is 0.143. The summed E-state index contributed by atoms with van der Waals surface area (Å²) in [6.07, 6.45) is 0. The van der Waals surface area contributed by atoms with Crippen molar-refractivity contribution in [3.8, 4) is 0 Å². The van der Waals surface area contributed by atoms with Crippen LogP contribution in [0.4, 0.5) is 4.39 Å². The predicted molar refractivity (Wildman–Crippen MR) is 71.3 cm³/mol. The molecule has 0 fully saturated rings. The SMILES string of the molecule is Cc1ccc(C(N)c2cc(Br)ccc2F)cc1. The molecule has 2 N–H and O–H groups in total. The molecule has 0 aliphatic carbocycles. The van der Waals surface area contributed by atoms with Gasteiger partial charge in [-0.15, -0.1) is 0 Å². The Hall–Kier alpha value is -1.19. The number of nitrogens with two attached hydrogens (primary N) is 1. The first kappa shape index (κ1) is 12.3. The molecule has 1 atom stereocenters. The predicted octanol–water partition coefficient (Wildman–Crippen LogP) is 3.94. The summed E-state index contributed by atoms with van der Waals surface area (Å²) < 4.78 is 14.5. The highest BCUT2D eigenvalue weighted by atomic mass is 79.9. The minimum atomic E-state index is -0.437. The summed E-state index contributed by atoms with van der Waals surface area (Å²) in [6.45, 7) is 2.01. The molecule has 0 aliphatic heterocycles. The lowest BCUT2D eigenvalue weighted by Crippen LogP contribution is -2.13. The van der Waals surface area contributed by atoms with Crippen LogP contribution in [0.2, 0.25) is 0 Å². The second-order valence-electron chi connectivity index (χ2n) is 4.05. The molecule has 1 nitrogen and oxygen atoms in total. The monoisotopic (exact) mass is 293 g/mol. The van der Waals surface area contributed by atoms with Crippen molar-refractivity contribution in [3.63, 3.8) is 0 Å². The van der Waals surface area contributed by atoms with Gasteiger partial charge in [0, 0.05) is 10.0 Å². The third kappa shape index (κ3) is 2.73. The van der Waals surface area contributed by atoms with E-state index in [1.165, 1.54) is 6.07 Å². The van der Waals surface area contributed by atoms with Crippen LogP contribution in [-0.4, -0.2) is 0 Å². The molecule has 0 bridgehead atoms. The lowest BCUT2D eigenvalue weighted by Gasteiger charge is -2.14. The zero-order valence-corrected chi connectivity index (χ0v) is 11.0. The summed E-state index contributed by atoms with van der Waals surface area (Å²) in [5.74, 6) is -0.277. The Morgan fingerprint density at radius 2 is 1.76 bits per heavy atom. The van der Waals surface area contributed by atoms with E-state index in [0.29, 0.717) is 5.56 Å². The second kappa shape index (κ2) is 4.98. The Balaban J connectivity index is 2.39. The Kier molecular flexibility index (Phi) is 3.60. The van der Waals surface area contributed by atoms with Crippen LogP contribution >= 0.6 is 15.9 Å². The molecule has 0 spiro atoms. The molecule has 2 aromatic rings. The summed E-state index contributed by atoms with van der Waals surface area (Å²) in [4.78, 5) is 0. The second-order valence-corrected chi connectivity index (χ2v) is 4.97. The van der Waals surface area contributed by atoms with Gasteiger partial charge in [0.15, 0.2) is 0 Å². The van der Waals surface area contributed by atoms with Gasteiger partial charge in [0.1, 0.15) is 5.82 Å². The van der Waals surface area contributed by atoms with Crippen molar-refractivity contribution >= 4 is 15.9 Å². The molecule has 0 aliphatic rings. The van der Waals surface area contributed by atoms with Crippen LogP contribution in [0.5, 0.6) is 0 Å². The largest absolute Gasteiger partial charge is 0.320 e. The third-order valence-electron chi connectivity index (χ3n) is 2.73. The van der Waals surface area contributed by atoms with Gasteiger partial charge in [-0.3, -0.25) is 0 Å². The third-order valence-corrected chi connectivity index (χ3v) is 3.22. The summed E-state index contributed by atoms with van der Waals surface area (Å²) in [5.41, 5.74) is 8.65. The van der Waals surface area contributed by atoms with Gasteiger partial charge in [-0.25, -0.2) is 4.39 Å². The van der Waals surface area contributed by atoms with Crippen LogP contribution in [0.1, 0.15) is 22.7 Å². The van der Waals surface area contributed by atoms with E-state index in [9.17, 15) is 4.39 Å². The molecule has 0 radical (unpaired) electrons. The van der Waals surface area contributed by atoms with E-state index in [0.717, 1.165) is 15.6 Å². The molecular formula is C14H13BrFN. The van der Waals surface area contributed by atoms with Crippen LogP contribution in [0.3, 0.4) is 0 Å². The normalized spacial score (nSPS) is 12.5. The minimum Gasteiger partial charge on any atom is -0.320 e. The van der Waals surface area contributed by atoms with Gasteiger partial charge >= 0.3 is 0 Å². The Bertz CT molecular complexity index is 522. The maximum atomic E-state index is 13.7. The molecule has 1 unspecified atom stereocenters. The first-order valence-electron chi connectivity index (χ1n) is 5.35. The lowest BCUT2D eigenvalue weighted by atomic mass is 9.98. The quantitative estimate of drug-likeness (QED) is 0.892. The van der Waals surface area contributed by atoms with Crippen LogP contribution in [0.15, 0.2) is 46.9 Å². The molecule has 2 rings (SSSR count). The molecule has 88 valence electrons. The molecule has 3 heteroatoms. The summed E-state index contributed by atoms with van der Waals surface area (Å²) in [6, 6.07) is 12.2. The number of rotatable bonds is 2. The highest BCUT2D eigenvalue weighted by Crippen LogP contribution is 2.25. The van der Waals surface area contributed by atoms with E-state index in [1.807, 2.05) is 31.2 Å². The maximum Gasteiger partial charge on any atom is 0.128 e. The van der Waals surface area contributed by atoms with Gasteiger partial charge in [-0.05, 0) is 30.7 Å². The van der Waals surface area contributed by atoms with E-state index in [-0.39, 0.29) is 5.82 Å². The molecule has 2 aromatic carbocycles. The van der Waals surface area contributed by atoms with E-state index >= 15 is 0 Å². The molecule has 0 saturated carbocycles. The smallest absolute Gasteiger partial charge is 0.128 e. The van der Waals surface area contributed by atoms with Crippen LogP contribution in [0.25, 0.3) is 0 Å². The van der Waals surface area contributed by atoms with E-state index < -0.39 is 6.04 Å². The number of benzene rings is 2. The van der Waals surface area contributed by atoms with Crippen molar-refractivity contribution in [2.24, 2.45) is 5.73 Å². The fourth-order valence-electron chi connectivity index (χ4n) is 1.71. The number of hydrogen-bond donors (Lipinski definition) is 1. The van der Waals surface area contributed by atoms with Crippen molar-refractivity contribution in [2.45, 2.75) is 13.0 Å². The Labute approximate surface area is 109 Å². The lowest BCUT2D eigenvalue weighted by molar-refractivity contribution is 0.599. The highest BCUT2D eigenvalue weighted by molar-refractivity contribution is 9.10. The molecule has 17 heavy (non-hydrogen) atoms. The Morgan fingerprint density at radius 3 is 2.41 bits per heavy atom. The van der Waals surface area contributed by atoms with Crippen LogP contribution in [0, 0.1) is 12.7 Å². The van der Waals surface area contributed by atoms with Gasteiger partial charge in [-0.2, -0.15) is 0 Å². The highest BCUT2D eigenvalue weighted by Gasteiger charge is 2.13. The average molecular weight is 294 g/mol. The van der Waals surface area contributed by atoms with Crippen LogP contribution < -0.4 is 5.73 Å². The summed E-state index contributed by atoms with van der Waals surface area (Å²) in [7, 11) is 0. The van der Waals surface area contributed by atoms with Crippen molar-refractivity contribution in [1.82, 2.24) is 0 Å². The molecule has 0 amide bonds. The minimum absolute atomic E-state index is 0.277. The van der Waals surface area contributed by atoms with Gasteiger partial charge in [0.2, 0.25) is 0 Å². The maximum absolute atomic E-state index is 13.7. The van der Waals surface area contributed by atoms with E-state index in [4.69, 9.17) is 5.73 Å². The number of aryl methyl sites for hydroxylation is 1. The van der Waals surface area contributed by atoms with E-state index in [1.54, 1.807) is 12.1 Å². The van der Waals surface area contributed by atoms with Crippen molar-refractivity contribution < 1.29 is 4.39 Å². The van der Waals surface area contributed by atoms with E-state index in [2.05, 4.69) is 15.9 Å². The zero-order valence-electron chi connectivity index (χ0n) is 9.45. The van der Waals surface area contributed by atoms with Gasteiger partial charge in [-0.1, -0.05) is 45.8 Å². The molecule has 0 aromatic heterocycles. The topological polar surface area (TPSA) is 26.0 Å². The number of hydrogen-bond acceptors (Lipinski definition) is 1. The summed E-state index contributed by atoms with van der Waals surface area (Å²) in [5, 5.41) is 0. The van der Waals surface area contributed by atoms with Gasteiger partial charge in [0.25, 0.3) is 0 Å². The van der Waals surface area contributed by atoms with Gasteiger partial charge in [0.05, 0.1) is 6.04 Å². The van der Waals surface area contributed by atoms with Crippen molar-refractivity contribution in [3.05, 3.63) is 69.4 Å². The molecular weight excluding hydrogens is 281 g/mol. The van der Waals surface area contributed by atoms with Crippen molar-refractivity contribution in [1.29, 1.82) is 0 Å². The molecule has 0 heterocycles. The van der Waals surface area contributed by atoms with Crippen LogP contribution in [-0.2, 0) is 0 Å². The van der Waals surface area contributed by atoms with Crippen molar-refractivity contribution in [2.75, 3.05) is 0 Å². The first-order chi connectivity index (χ1) is 8.08.